The fraction of sp³-hybridized carbons (Fsp3) is 0.571. The maximum atomic E-state index is 5.44. The first-order chi connectivity index (χ1) is 8.24. The molecule has 0 radical (unpaired) electrons. The molecule has 0 aliphatic heterocycles. The van der Waals surface area contributed by atoms with Gasteiger partial charge in [0.25, 0.3) is 0 Å². The minimum Gasteiger partial charge on any atom is -0.381 e. The standard InChI is InChI=1S/C14H22BrNO/c1-3-9-17-10-5-8-16-12(2)13-6-4-7-14(15)11-13/h4,6-7,11-12,16H,3,5,8-10H2,1-2H3. The van der Waals surface area contributed by atoms with Crippen LogP contribution in [0.15, 0.2) is 28.7 Å². The van der Waals surface area contributed by atoms with E-state index >= 15 is 0 Å². The van der Waals surface area contributed by atoms with E-state index < -0.39 is 0 Å². The first kappa shape index (κ1) is 14.7. The Labute approximate surface area is 113 Å². The molecular formula is C14H22BrNO. The van der Waals surface area contributed by atoms with Crippen LogP contribution in [0.4, 0.5) is 0 Å². The highest BCUT2D eigenvalue weighted by Crippen LogP contribution is 2.17. The molecule has 1 aromatic rings. The molecule has 17 heavy (non-hydrogen) atoms. The zero-order chi connectivity index (χ0) is 12.5. The molecule has 96 valence electrons. The average Bonchev–Trinajstić information content (AvgIpc) is 2.33. The molecule has 1 atom stereocenters. The van der Waals surface area contributed by atoms with Crippen LogP contribution in [0.5, 0.6) is 0 Å². The molecule has 0 aromatic heterocycles. The molecule has 0 aliphatic rings. The summed E-state index contributed by atoms with van der Waals surface area (Å²) < 4.78 is 6.58. The third-order valence-electron chi connectivity index (χ3n) is 2.61. The summed E-state index contributed by atoms with van der Waals surface area (Å²) in [4.78, 5) is 0. The van der Waals surface area contributed by atoms with E-state index in [0.717, 1.165) is 37.1 Å². The summed E-state index contributed by atoms with van der Waals surface area (Å²) in [5.41, 5.74) is 1.31. The molecule has 1 aromatic carbocycles. The van der Waals surface area contributed by atoms with Gasteiger partial charge in [0.1, 0.15) is 0 Å². The van der Waals surface area contributed by atoms with Crippen molar-refractivity contribution in [3.05, 3.63) is 34.3 Å². The van der Waals surface area contributed by atoms with Gasteiger partial charge in [-0.2, -0.15) is 0 Å². The molecule has 2 nitrogen and oxygen atoms in total. The lowest BCUT2D eigenvalue weighted by Crippen LogP contribution is -2.21. The van der Waals surface area contributed by atoms with Gasteiger partial charge in [0.15, 0.2) is 0 Å². The highest BCUT2D eigenvalue weighted by atomic mass is 79.9. The summed E-state index contributed by atoms with van der Waals surface area (Å²) in [5, 5.41) is 3.50. The summed E-state index contributed by atoms with van der Waals surface area (Å²) >= 11 is 3.49. The van der Waals surface area contributed by atoms with E-state index in [-0.39, 0.29) is 0 Å². The van der Waals surface area contributed by atoms with E-state index in [0.29, 0.717) is 6.04 Å². The lowest BCUT2D eigenvalue weighted by atomic mass is 10.1. The van der Waals surface area contributed by atoms with Crippen LogP contribution in [-0.2, 0) is 4.74 Å². The topological polar surface area (TPSA) is 21.3 Å². The third-order valence-corrected chi connectivity index (χ3v) is 3.11. The van der Waals surface area contributed by atoms with Crippen LogP contribution in [-0.4, -0.2) is 19.8 Å². The molecule has 0 heterocycles. The van der Waals surface area contributed by atoms with Crippen molar-refractivity contribution in [3.8, 4) is 0 Å². The Hall–Kier alpha value is -0.380. The summed E-state index contributed by atoms with van der Waals surface area (Å²) in [7, 11) is 0. The van der Waals surface area contributed by atoms with E-state index in [9.17, 15) is 0 Å². The van der Waals surface area contributed by atoms with E-state index in [1.807, 2.05) is 0 Å². The van der Waals surface area contributed by atoms with Crippen molar-refractivity contribution in [3.63, 3.8) is 0 Å². The van der Waals surface area contributed by atoms with Gasteiger partial charge < -0.3 is 10.1 Å². The second kappa shape index (κ2) is 8.67. The van der Waals surface area contributed by atoms with Crippen LogP contribution in [0.2, 0.25) is 0 Å². The van der Waals surface area contributed by atoms with E-state index in [4.69, 9.17) is 4.74 Å². The van der Waals surface area contributed by atoms with E-state index in [1.165, 1.54) is 5.56 Å². The third kappa shape index (κ3) is 6.20. The molecule has 0 aliphatic carbocycles. The van der Waals surface area contributed by atoms with E-state index in [1.54, 1.807) is 0 Å². The lowest BCUT2D eigenvalue weighted by Gasteiger charge is -2.14. The average molecular weight is 300 g/mol. The van der Waals surface area contributed by atoms with Crippen LogP contribution in [0.25, 0.3) is 0 Å². The number of halogens is 1. The zero-order valence-corrected chi connectivity index (χ0v) is 12.3. The largest absolute Gasteiger partial charge is 0.381 e. The molecule has 0 spiro atoms. The van der Waals surface area contributed by atoms with Crippen LogP contribution in [0.1, 0.15) is 38.3 Å². The molecule has 1 rings (SSSR count). The summed E-state index contributed by atoms with van der Waals surface area (Å²) in [6, 6.07) is 8.82. The smallest absolute Gasteiger partial charge is 0.0478 e. The van der Waals surface area contributed by atoms with Crippen molar-refractivity contribution in [2.45, 2.75) is 32.7 Å². The van der Waals surface area contributed by atoms with Crippen molar-refractivity contribution in [2.75, 3.05) is 19.8 Å². The monoisotopic (exact) mass is 299 g/mol. The van der Waals surface area contributed by atoms with Crippen LogP contribution in [0, 0.1) is 0 Å². The maximum Gasteiger partial charge on any atom is 0.0478 e. The quantitative estimate of drug-likeness (QED) is 0.735. The van der Waals surface area contributed by atoms with Crippen molar-refractivity contribution >= 4 is 15.9 Å². The highest BCUT2D eigenvalue weighted by Gasteiger charge is 2.03. The van der Waals surface area contributed by atoms with Crippen LogP contribution in [0.3, 0.4) is 0 Å². The second-order valence-corrected chi connectivity index (χ2v) is 5.11. The van der Waals surface area contributed by atoms with Crippen molar-refractivity contribution in [2.24, 2.45) is 0 Å². The van der Waals surface area contributed by atoms with Gasteiger partial charge in [-0.05, 0) is 44.0 Å². The Kier molecular flexibility index (Phi) is 7.49. The number of nitrogens with one attached hydrogen (secondary N) is 1. The number of hydrogen-bond acceptors (Lipinski definition) is 2. The Morgan fingerprint density at radius 2 is 2.18 bits per heavy atom. The SMILES string of the molecule is CCCOCCCNC(C)c1cccc(Br)c1. The predicted molar refractivity (Wildman–Crippen MR) is 76.3 cm³/mol. The Balaban J connectivity index is 2.19. The van der Waals surface area contributed by atoms with Gasteiger partial charge in [-0.3, -0.25) is 0 Å². The molecule has 0 amide bonds. The van der Waals surface area contributed by atoms with Gasteiger partial charge in [0.05, 0.1) is 0 Å². The van der Waals surface area contributed by atoms with Gasteiger partial charge in [0.2, 0.25) is 0 Å². The number of benzene rings is 1. The zero-order valence-electron chi connectivity index (χ0n) is 10.7. The number of rotatable bonds is 8. The van der Waals surface area contributed by atoms with E-state index in [2.05, 4.69) is 59.4 Å². The minimum atomic E-state index is 0.388. The molecule has 0 saturated heterocycles. The molecule has 3 heteroatoms. The maximum absolute atomic E-state index is 5.44. The fourth-order valence-electron chi connectivity index (χ4n) is 1.63. The summed E-state index contributed by atoms with van der Waals surface area (Å²) in [5.74, 6) is 0. The first-order valence-electron chi connectivity index (χ1n) is 6.30. The molecule has 1 unspecified atom stereocenters. The van der Waals surface area contributed by atoms with Crippen LogP contribution < -0.4 is 5.32 Å². The number of hydrogen-bond donors (Lipinski definition) is 1. The van der Waals surface area contributed by atoms with Crippen LogP contribution >= 0.6 is 15.9 Å². The minimum absolute atomic E-state index is 0.388. The fourth-order valence-corrected chi connectivity index (χ4v) is 2.05. The lowest BCUT2D eigenvalue weighted by molar-refractivity contribution is 0.132. The highest BCUT2D eigenvalue weighted by molar-refractivity contribution is 9.10. The van der Waals surface area contributed by atoms with Gasteiger partial charge >= 0.3 is 0 Å². The molecule has 0 saturated carbocycles. The summed E-state index contributed by atoms with van der Waals surface area (Å²) in [6.07, 6.45) is 2.17. The van der Waals surface area contributed by atoms with Crippen molar-refractivity contribution in [1.29, 1.82) is 0 Å². The predicted octanol–water partition coefficient (Wildman–Crippen LogP) is 3.92. The van der Waals surface area contributed by atoms with Crippen molar-refractivity contribution in [1.82, 2.24) is 5.32 Å². The van der Waals surface area contributed by atoms with Gasteiger partial charge in [-0.25, -0.2) is 0 Å². The van der Waals surface area contributed by atoms with Gasteiger partial charge in [0, 0.05) is 23.7 Å². The Bertz CT molecular complexity index is 317. The van der Waals surface area contributed by atoms with Crippen molar-refractivity contribution < 1.29 is 4.74 Å². The Morgan fingerprint density at radius 1 is 1.35 bits per heavy atom. The molecule has 1 N–H and O–H groups in total. The molecule has 0 fully saturated rings. The second-order valence-electron chi connectivity index (χ2n) is 4.20. The molecular weight excluding hydrogens is 278 g/mol. The van der Waals surface area contributed by atoms with Gasteiger partial charge in [-0.1, -0.05) is 35.0 Å². The Morgan fingerprint density at radius 3 is 2.88 bits per heavy atom. The first-order valence-corrected chi connectivity index (χ1v) is 7.10. The number of ether oxygens (including phenoxy) is 1. The van der Waals surface area contributed by atoms with Gasteiger partial charge in [-0.15, -0.1) is 0 Å². The summed E-state index contributed by atoms with van der Waals surface area (Å²) in [6.45, 7) is 7.05. The normalized spacial score (nSPS) is 12.6. The molecule has 0 bridgehead atoms.